The Kier molecular flexibility index (Phi) is 4.14. The van der Waals surface area contributed by atoms with Crippen LogP contribution in [0, 0.1) is 0 Å². The van der Waals surface area contributed by atoms with Gasteiger partial charge in [0.2, 0.25) is 0 Å². The van der Waals surface area contributed by atoms with Crippen molar-refractivity contribution in [2.75, 3.05) is 24.7 Å². The Balaban J connectivity index is 3.27. The summed E-state index contributed by atoms with van der Waals surface area (Å²) in [5, 5.41) is 8.70. The Hall–Kier alpha value is -1.27. The molecule has 0 spiro atoms. The van der Waals surface area contributed by atoms with E-state index in [0.29, 0.717) is 6.61 Å². The molecule has 3 N–H and O–H groups in total. The van der Waals surface area contributed by atoms with Crippen molar-refractivity contribution in [3.05, 3.63) is 18.2 Å². The van der Waals surface area contributed by atoms with Crippen LogP contribution in [-0.2, 0) is 9.84 Å². The summed E-state index contributed by atoms with van der Waals surface area (Å²) in [6.45, 7) is 1.65. The molecule has 1 aromatic carbocycles. The van der Waals surface area contributed by atoms with Crippen LogP contribution in [0.15, 0.2) is 23.1 Å². The second kappa shape index (κ2) is 5.18. The largest absolute Gasteiger partial charge is 0.490 e. The molecule has 0 aromatic heterocycles. The van der Waals surface area contributed by atoms with Crippen LogP contribution < -0.4 is 10.5 Å². The molecule has 1 aromatic rings. The van der Waals surface area contributed by atoms with Gasteiger partial charge in [-0.1, -0.05) is 6.07 Å². The fourth-order valence-corrected chi connectivity index (χ4v) is 2.51. The maximum atomic E-state index is 11.8. The minimum absolute atomic E-state index is 0.0309. The molecule has 0 saturated carbocycles. The van der Waals surface area contributed by atoms with Gasteiger partial charge in [-0.05, 0) is 19.1 Å². The fraction of sp³-hybridized carbons (Fsp3) is 0.400. The standard InChI is InChI=1S/C10H15NO4S/c1-2-15-10-8(11)4-3-5-9(10)16(13,14)7-6-12/h3-5,12H,2,6-7,11H2,1H3. The Bertz CT molecular complexity index is 456. The lowest BCUT2D eigenvalue weighted by Gasteiger charge is -2.12. The van der Waals surface area contributed by atoms with Crippen LogP contribution in [-0.4, -0.2) is 32.5 Å². The van der Waals surface area contributed by atoms with Gasteiger partial charge >= 0.3 is 0 Å². The molecule has 0 heterocycles. The first-order chi connectivity index (χ1) is 7.53. The van der Waals surface area contributed by atoms with E-state index in [0.717, 1.165) is 0 Å². The lowest BCUT2D eigenvalue weighted by Crippen LogP contribution is -2.12. The highest BCUT2D eigenvalue weighted by Crippen LogP contribution is 2.30. The van der Waals surface area contributed by atoms with E-state index in [1.165, 1.54) is 6.07 Å². The molecule has 0 bridgehead atoms. The van der Waals surface area contributed by atoms with E-state index in [1.807, 2.05) is 0 Å². The summed E-state index contributed by atoms with van der Waals surface area (Å²) in [5.41, 5.74) is 5.93. The minimum atomic E-state index is -3.54. The zero-order valence-corrected chi connectivity index (χ0v) is 9.83. The monoisotopic (exact) mass is 245 g/mol. The van der Waals surface area contributed by atoms with Crippen LogP contribution in [0.3, 0.4) is 0 Å². The third-order valence-electron chi connectivity index (χ3n) is 1.99. The maximum absolute atomic E-state index is 11.8. The molecule has 0 saturated heterocycles. The van der Waals surface area contributed by atoms with E-state index in [9.17, 15) is 8.42 Å². The number of ether oxygens (including phenoxy) is 1. The van der Waals surface area contributed by atoms with Crippen LogP contribution in [0.4, 0.5) is 5.69 Å². The molecule has 0 aliphatic rings. The van der Waals surface area contributed by atoms with Crippen molar-refractivity contribution in [1.29, 1.82) is 0 Å². The van der Waals surface area contributed by atoms with Gasteiger partial charge in [-0.2, -0.15) is 0 Å². The lowest BCUT2D eigenvalue weighted by molar-refractivity contribution is 0.318. The van der Waals surface area contributed by atoms with Crippen molar-refractivity contribution in [3.8, 4) is 5.75 Å². The van der Waals surface area contributed by atoms with E-state index in [2.05, 4.69) is 0 Å². The predicted molar refractivity (Wildman–Crippen MR) is 61.2 cm³/mol. The van der Waals surface area contributed by atoms with E-state index >= 15 is 0 Å². The minimum Gasteiger partial charge on any atom is -0.490 e. The van der Waals surface area contributed by atoms with Gasteiger partial charge in [0.1, 0.15) is 4.90 Å². The number of hydrogen-bond donors (Lipinski definition) is 2. The average Bonchev–Trinajstić information content (AvgIpc) is 2.21. The number of para-hydroxylation sites is 1. The van der Waals surface area contributed by atoms with Gasteiger partial charge < -0.3 is 15.6 Å². The van der Waals surface area contributed by atoms with Gasteiger partial charge in [0.15, 0.2) is 15.6 Å². The van der Waals surface area contributed by atoms with Crippen molar-refractivity contribution in [3.63, 3.8) is 0 Å². The molecule has 0 fully saturated rings. The molecule has 90 valence electrons. The van der Waals surface area contributed by atoms with E-state index in [4.69, 9.17) is 15.6 Å². The number of aliphatic hydroxyl groups is 1. The number of hydrogen-bond acceptors (Lipinski definition) is 5. The molecule has 16 heavy (non-hydrogen) atoms. The summed E-state index contributed by atoms with van der Waals surface area (Å²) in [6.07, 6.45) is 0. The van der Waals surface area contributed by atoms with Crippen LogP contribution in [0.25, 0.3) is 0 Å². The number of benzene rings is 1. The molecule has 5 nitrogen and oxygen atoms in total. The molecule has 1 rings (SSSR count). The number of nitrogens with two attached hydrogens (primary N) is 1. The van der Waals surface area contributed by atoms with Crippen molar-refractivity contribution in [2.45, 2.75) is 11.8 Å². The molecule has 0 atom stereocenters. The van der Waals surface area contributed by atoms with Gasteiger partial charge in [0, 0.05) is 0 Å². The smallest absolute Gasteiger partial charge is 0.184 e. The Morgan fingerprint density at radius 3 is 2.69 bits per heavy atom. The van der Waals surface area contributed by atoms with Crippen molar-refractivity contribution in [2.24, 2.45) is 0 Å². The Morgan fingerprint density at radius 1 is 1.44 bits per heavy atom. The van der Waals surface area contributed by atoms with Crippen LogP contribution in [0.1, 0.15) is 6.92 Å². The number of sulfone groups is 1. The fourth-order valence-electron chi connectivity index (χ4n) is 1.31. The van der Waals surface area contributed by atoms with E-state index in [1.54, 1.807) is 19.1 Å². The van der Waals surface area contributed by atoms with Crippen molar-refractivity contribution < 1.29 is 18.3 Å². The number of anilines is 1. The van der Waals surface area contributed by atoms with Gasteiger partial charge in [0.05, 0.1) is 24.7 Å². The highest BCUT2D eigenvalue weighted by Gasteiger charge is 2.20. The Morgan fingerprint density at radius 2 is 2.12 bits per heavy atom. The molecule has 0 aliphatic heterocycles. The lowest BCUT2D eigenvalue weighted by atomic mass is 10.3. The molecular weight excluding hydrogens is 230 g/mol. The summed E-state index contributed by atoms with van der Waals surface area (Å²) in [6, 6.07) is 4.54. The summed E-state index contributed by atoms with van der Waals surface area (Å²) in [4.78, 5) is 0.0309. The highest BCUT2D eigenvalue weighted by atomic mass is 32.2. The first kappa shape index (κ1) is 12.8. The van der Waals surface area contributed by atoms with Gasteiger partial charge in [-0.3, -0.25) is 0 Å². The number of nitrogen functional groups attached to an aromatic ring is 1. The third kappa shape index (κ3) is 2.65. The van der Waals surface area contributed by atoms with Gasteiger partial charge in [0.25, 0.3) is 0 Å². The topological polar surface area (TPSA) is 89.6 Å². The van der Waals surface area contributed by atoms with Crippen molar-refractivity contribution >= 4 is 15.5 Å². The van der Waals surface area contributed by atoms with Crippen LogP contribution in [0.5, 0.6) is 5.75 Å². The van der Waals surface area contributed by atoms with E-state index in [-0.39, 0.29) is 22.1 Å². The van der Waals surface area contributed by atoms with Gasteiger partial charge in [-0.15, -0.1) is 0 Å². The highest BCUT2D eigenvalue weighted by molar-refractivity contribution is 7.91. The SMILES string of the molecule is CCOc1c(N)cccc1S(=O)(=O)CCO. The van der Waals surface area contributed by atoms with Gasteiger partial charge in [-0.25, -0.2) is 8.42 Å². The van der Waals surface area contributed by atoms with E-state index < -0.39 is 16.4 Å². The molecule has 0 unspecified atom stereocenters. The quantitative estimate of drug-likeness (QED) is 0.734. The van der Waals surface area contributed by atoms with Crippen molar-refractivity contribution in [1.82, 2.24) is 0 Å². The van der Waals surface area contributed by atoms with Crippen LogP contribution in [0.2, 0.25) is 0 Å². The third-order valence-corrected chi connectivity index (χ3v) is 3.70. The molecule has 6 heteroatoms. The number of rotatable bonds is 5. The summed E-state index contributed by atoms with van der Waals surface area (Å²) < 4.78 is 28.8. The number of aliphatic hydroxyl groups excluding tert-OH is 1. The second-order valence-electron chi connectivity index (χ2n) is 3.15. The summed E-state index contributed by atoms with van der Waals surface area (Å²) >= 11 is 0. The Labute approximate surface area is 94.8 Å². The normalized spacial score (nSPS) is 11.4. The molecule has 0 radical (unpaired) electrons. The summed E-state index contributed by atoms with van der Waals surface area (Å²) in [7, 11) is -3.54. The zero-order chi connectivity index (χ0) is 12.2. The first-order valence-electron chi connectivity index (χ1n) is 4.87. The molecule has 0 aliphatic carbocycles. The zero-order valence-electron chi connectivity index (χ0n) is 9.01. The van der Waals surface area contributed by atoms with Crippen LogP contribution >= 0.6 is 0 Å². The molecule has 0 amide bonds. The predicted octanol–water partition coefficient (Wildman–Crippen LogP) is 0.434. The summed E-state index contributed by atoms with van der Waals surface area (Å²) in [5.74, 6) is -0.172. The second-order valence-corrected chi connectivity index (χ2v) is 5.23. The average molecular weight is 245 g/mol. The maximum Gasteiger partial charge on any atom is 0.184 e. The first-order valence-corrected chi connectivity index (χ1v) is 6.53. The molecular formula is C10H15NO4S.